The summed E-state index contributed by atoms with van der Waals surface area (Å²) in [7, 11) is 1.48. The number of aryl methyl sites for hydroxylation is 1. The van der Waals surface area contributed by atoms with Gasteiger partial charge in [0.2, 0.25) is 5.91 Å². The molecule has 114 valence electrons. The van der Waals surface area contributed by atoms with Crippen molar-refractivity contribution in [2.45, 2.75) is 6.92 Å². The second-order valence-corrected chi connectivity index (χ2v) is 4.99. The van der Waals surface area contributed by atoms with E-state index < -0.39 is 11.5 Å². The molecule has 0 bridgehead atoms. The molecular formula is C16H17N3O3. The molecule has 22 heavy (non-hydrogen) atoms. The fourth-order valence-corrected chi connectivity index (χ4v) is 1.92. The van der Waals surface area contributed by atoms with Crippen LogP contribution in [0.25, 0.3) is 0 Å². The molecule has 0 aliphatic rings. The van der Waals surface area contributed by atoms with Crippen molar-refractivity contribution in [1.82, 2.24) is 9.88 Å². The lowest BCUT2D eigenvalue weighted by Gasteiger charge is -2.16. The largest absolute Gasteiger partial charge is 0.332 e. The van der Waals surface area contributed by atoms with Gasteiger partial charge in [-0.05, 0) is 31.2 Å². The van der Waals surface area contributed by atoms with Crippen molar-refractivity contribution in [2.75, 3.05) is 18.9 Å². The van der Waals surface area contributed by atoms with Crippen molar-refractivity contribution in [3.63, 3.8) is 0 Å². The Labute approximate surface area is 127 Å². The zero-order valence-electron chi connectivity index (χ0n) is 12.4. The average Bonchev–Trinajstić information content (AvgIpc) is 2.49. The minimum atomic E-state index is -0.499. The Kier molecular flexibility index (Phi) is 4.73. The van der Waals surface area contributed by atoms with Gasteiger partial charge in [-0.3, -0.25) is 14.4 Å². The Morgan fingerprint density at radius 1 is 1.18 bits per heavy atom. The smallest absolute Gasteiger partial charge is 0.260 e. The first-order valence-corrected chi connectivity index (χ1v) is 6.77. The number of aromatic amines is 1. The van der Waals surface area contributed by atoms with Crippen LogP contribution in [0.4, 0.5) is 5.69 Å². The third kappa shape index (κ3) is 3.82. The van der Waals surface area contributed by atoms with Gasteiger partial charge in [-0.25, -0.2) is 0 Å². The van der Waals surface area contributed by atoms with E-state index in [0.29, 0.717) is 5.69 Å². The van der Waals surface area contributed by atoms with Crippen LogP contribution in [0, 0.1) is 6.92 Å². The van der Waals surface area contributed by atoms with E-state index in [1.165, 1.54) is 24.2 Å². The van der Waals surface area contributed by atoms with Gasteiger partial charge in [0.1, 0.15) is 5.56 Å². The van der Waals surface area contributed by atoms with Crippen molar-refractivity contribution in [3.8, 4) is 0 Å². The number of aromatic nitrogens is 1. The van der Waals surface area contributed by atoms with E-state index in [4.69, 9.17) is 0 Å². The Balaban J connectivity index is 1.99. The Morgan fingerprint density at radius 3 is 2.50 bits per heavy atom. The molecule has 1 heterocycles. The number of carbonyl (C=O) groups is 2. The van der Waals surface area contributed by atoms with E-state index in [1.807, 2.05) is 19.1 Å². The van der Waals surface area contributed by atoms with Crippen LogP contribution in [-0.4, -0.2) is 35.3 Å². The minimum absolute atomic E-state index is 0.00753. The molecule has 1 aromatic carbocycles. The highest BCUT2D eigenvalue weighted by Gasteiger charge is 2.17. The summed E-state index contributed by atoms with van der Waals surface area (Å²) >= 11 is 0. The van der Waals surface area contributed by atoms with E-state index in [1.54, 1.807) is 18.2 Å². The highest BCUT2D eigenvalue weighted by atomic mass is 16.2. The molecule has 2 rings (SSSR count). The molecular weight excluding hydrogens is 282 g/mol. The fourth-order valence-electron chi connectivity index (χ4n) is 1.92. The molecule has 0 aliphatic heterocycles. The number of hydrogen-bond acceptors (Lipinski definition) is 3. The molecule has 1 aromatic heterocycles. The minimum Gasteiger partial charge on any atom is -0.332 e. The first kappa shape index (κ1) is 15.5. The number of H-pyrrole nitrogens is 1. The lowest BCUT2D eigenvalue weighted by Crippen LogP contribution is -2.37. The fraction of sp³-hybridized carbons (Fsp3) is 0.188. The summed E-state index contributed by atoms with van der Waals surface area (Å²) in [5.41, 5.74) is 1.29. The monoisotopic (exact) mass is 299 g/mol. The summed E-state index contributed by atoms with van der Waals surface area (Å²) in [5.74, 6) is -0.826. The zero-order chi connectivity index (χ0) is 16.1. The Morgan fingerprint density at radius 2 is 1.86 bits per heavy atom. The number of nitrogens with one attached hydrogen (secondary N) is 2. The van der Waals surface area contributed by atoms with Gasteiger partial charge < -0.3 is 15.2 Å². The maximum absolute atomic E-state index is 12.1. The van der Waals surface area contributed by atoms with Crippen molar-refractivity contribution in [1.29, 1.82) is 0 Å². The van der Waals surface area contributed by atoms with Gasteiger partial charge in [0.25, 0.3) is 11.5 Å². The molecule has 0 saturated heterocycles. The number of hydrogen-bond donors (Lipinski definition) is 2. The summed E-state index contributed by atoms with van der Waals surface area (Å²) in [4.78, 5) is 39.3. The van der Waals surface area contributed by atoms with Crippen molar-refractivity contribution >= 4 is 17.5 Å². The third-order valence-corrected chi connectivity index (χ3v) is 3.11. The van der Waals surface area contributed by atoms with E-state index in [2.05, 4.69) is 10.3 Å². The molecule has 6 heteroatoms. The highest BCUT2D eigenvalue weighted by molar-refractivity contribution is 5.98. The van der Waals surface area contributed by atoms with Gasteiger partial charge in [-0.15, -0.1) is 0 Å². The van der Waals surface area contributed by atoms with Crippen LogP contribution >= 0.6 is 0 Å². The second kappa shape index (κ2) is 6.71. The van der Waals surface area contributed by atoms with E-state index in [9.17, 15) is 14.4 Å². The number of likely N-dealkylation sites (N-methyl/N-ethyl adjacent to an activating group) is 1. The lowest BCUT2D eigenvalue weighted by molar-refractivity contribution is -0.116. The highest BCUT2D eigenvalue weighted by Crippen LogP contribution is 2.08. The predicted octanol–water partition coefficient (Wildman–Crippen LogP) is 1.39. The van der Waals surface area contributed by atoms with Crippen LogP contribution in [-0.2, 0) is 4.79 Å². The first-order valence-electron chi connectivity index (χ1n) is 6.77. The number of rotatable bonds is 4. The summed E-state index contributed by atoms with van der Waals surface area (Å²) in [6.45, 7) is 1.82. The number of benzene rings is 1. The van der Waals surface area contributed by atoms with E-state index in [-0.39, 0.29) is 18.0 Å². The van der Waals surface area contributed by atoms with E-state index >= 15 is 0 Å². The van der Waals surface area contributed by atoms with Gasteiger partial charge in [-0.1, -0.05) is 17.7 Å². The number of anilines is 1. The predicted molar refractivity (Wildman–Crippen MR) is 83.8 cm³/mol. The van der Waals surface area contributed by atoms with Crippen LogP contribution in [0.3, 0.4) is 0 Å². The molecule has 0 radical (unpaired) electrons. The van der Waals surface area contributed by atoms with Gasteiger partial charge >= 0.3 is 0 Å². The van der Waals surface area contributed by atoms with Crippen LogP contribution in [0.1, 0.15) is 15.9 Å². The molecule has 2 N–H and O–H groups in total. The van der Waals surface area contributed by atoms with Gasteiger partial charge in [0, 0.05) is 18.9 Å². The molecule has 6 nitrogen and oxygen atoms in total. The number of nitrogens with zero attached hydrogens (tertiary/aromatic N) is 1. The Bertz CT molecular complexity index is 735. The van der Waals surface area contributed by atoms with Gasteiger partial charge in [0.15, 0.2) is 0 Å². The number of carbonyl (C=O) groups excluding carboxylic acids is 2. The van der Waals surface area contributed by atoms with E-state index in [0.717, 1.165) is 5.56 Å². The van der Waals surface area contributed by atoms with Crippen molar-refractivity contribution < 1.29 is 9.59 Å². The molecule has 0 atom stereocenters. The molecule has 0 spiro atoms. The normalized spacial score (nSPS) is 10.1. The van der Waals surface area contributed by atoms with Gasteiger partial charge in [-0.2, -0.15) is 0 Å². The Hall–Kier alpha value is -2.89. The quantitative estimate of drug-likeness (QED) is 0.895. The van der Waals surface area contributed by atoms with Crippen LogP contribution in [0.5, 0.6) is 0 Å². The van der Waals surface area contributed by atoms with Crippen LogP contribution < -0.4 is 10.9 Å². The molecule has 0 aliphatic carbocycles. The van der Waals surface area contributed by atoms with Crippen LogP contribution in [0.15, 0.2) is 47.4 Å². The summed E-state index contributed by atoms with van der Waals surface area (Å²) < 4.78 is 0. The van der Waals surface area contributed by atoms with Gasteiger partial charge in [0.05, 0.1) is 6.54 Å². The average molecular weight is 299 g/mol. The maximum Gasteiger partial charge on any atom is 0.260 e. The first-order chi connectivity index (χ1) is 10.5. The SMILES string of the molecule is Cc1ccc(NC(=O)CN(C)C(=O)c2ccc[nH]c2=O)cc1. The molecule has 0 unspecified atom stereocenters. The topological polar surface area (TPSA) is 82.3 Å². The summed E-state index contributed by atoms with van der Waals surface area (Å²) in [5, 5.41) is 2.70. The summed E-state index contributed by atoms with van der Waals surface area (Å²) in [6, 6.07) is 10.3. The number of amides is 2. The lowest BCUT2D eigenvalue weighted by atomic mass is 10.2. The molecule has 0 fully saturated rings. The molecule has 2 aromatic rings. The standard InChI is InChI=1S/C16H17N3O3/c1-11-5-7-12(8-6-11)18-14(20)10-19(2)16(22)13-4-3-9-17-15(13)21/h3-9H,10H2,1-2H3,(H,17,21)(H,18,20). The summed E-state index contributed by atoms with van der Waals surface area (Å²) in [6.07, 6.45) is 1.45. The maximum atomic E-state index is 12.1. The second-order valence-electron chi connectivity index (χ2n) is 4.99. The molecule has 2 amide bonds. The van der Waals surface area contributed by atoms with Crippen LogP contribution in [0.2, 0.25) is 0 Å². The van der Waals surface area contributed by atoms with Crippen molar-refractivity contribution in [3.05, 3.63) is 64.1 Å². The molecule has 0 saturated carbocycles. The van der Waals surface area contributed by atoms with Crippen molar-refractivity contribution in [2.24, 2.45) is 0 Å². The number of pyridine rings is 1. The zero-order valence-corrected chi connectivity index (χ0v) is 12.4. The third-order valence-electron chi connectivity index (χ3n) is 3.11.